The molecule has 6 heteroatoms. The maximum Gasteiger partial charge on any atom is 0.251 e. The molecular formula is C19H24ClN3O2. The van der Waals surface area contributed by atoms with Crippen LogP contribution in [0.3, 0.4) is 0 Å². The predicted molar refractivity (Wildman–Crippen MR) is 100 cm³/mol. The molecule has 2 unspecified atom stereocenters. The fourth-order valence-corrected chi connectivity index (χ4v) is 3.34. The molecule has 1 amide bonds. The van der Waals surface area contributed by atoms with Crippen molar-refractivity contribution in [1.29, 1.82) is 0 Å². The summed E-state index contributed by atoms with van der Waals surface area (Å²) in [4.78, 5) is 27.6. The molecule has 1 aliphatic rings. The van der Waals surface area contributed by atoms with Gasteiger partial charge in [0.25, 0.3) is 5.91 Å². The Balaban J connectivity index is 0.00000225. The quantitative estimate of drug-likeness (QED) is 0.715. The summed E-state index contributed by atoms with van der Waals surface area (Å²) in [6.07, 6.45) is 7.76. The van der Waals surface area contributed by atoms with Crippen LogP contribution in [-0.4, -0.2) is 29.3 Å². The molecular weight excluding hydrogens is 338 g/mol. The highest BCUT2D eigenvalue weighted by Gasteiger charge is 2.25. The number of nitrogens with two attached hydrogens (primary N) is 1. The molecule has 0 bridgehead atoms. The molecule has 1 aromatic heterocycles. The zero-order valence-electron chi connectivity index (χ0n) is 14.0. The maximum absolute atomic E-state index is 12.4. The number of nitrogens with one attached hydrogen (secondary N) is 2. The Hall–Kier alpha value is -2.11. The van der Waals surface area contributed by atoms with Crippen molar-refractivity contribution in [3.05, 3.63) is 59.4 Å². The number of amides is 1. The zero-order valence-corrected chi connectivity index (χ0v) is 14.9. The highest BCUT2D eigenvalue weighted by atomic mass is 35.5. The second-order valence-corrected chi connectivity index (χ2v) is 6.37. The average Bonchev–Trinajstić information content (AvgIpc) is 3.16. The summed E-state index contributed by atoms with van der Waals surface area (Å²) >= 11 is 0. The first kappa shape index (κ1) is 19.2. The summed E-state index contributed by atoms with van der Waals surface area (Å²) in [5, 5.41) is 3.10. The van der Waals surface area contributed by atoms with Crippen molar-refractivity contribution >= 4 is 24.1 Å². The van der Waals surface area contributed by atoms with E-state index in [4.69, 9.17) is 5.73 Å². The Bertz CT molecular complexity index is 698. The van der Waals surface area contributed by atoms with Gasteiger partial charge in [-0.1, -0.05) is 25.0 Å². The van der Waals surface area contributed by atoms with Gasteiger partial charge in [0, 0.05) is 35.1 Å². The van der Waals surface area contributed by atoms with Gasteiger partial charge in [-0.25, -0.2) is 0 Å². The Labute approximate surface area is 153 Å². The molecule has 0 spiro atoms. The van der Waals surface area contributed by atoms with Crippen LogP contribution in [0.15, 0.2) is 42.7 Å². The summed E-state index contributed by atoms with van der Waals surface area (Å²) in [6, 6.07) is 8.69. The lowest BCUT2D eigenvalue weighted by Crippen LogP contribution is -2.44. The summed E-state index contributed by atoms with van der Waals surface area (Å²) in [6.45, 7) is 0.606. The topological polar surface area (TPSA) is 88.0 Å². The molecule has 25 heavy (non-hydrogen) atoms. The van der Waals surface area contributed by atoms with Crippen molar-refractivity contribution in [1.82, 2.24) is 10.3 Å². The second-order valence-electron chi connectivity index (χ2n) is 6.37. The van der Waals surface area contributed by atoms with Gasteiger partial charge >= 0.3 is 0 Å². The molecule has 134 valence electrons. The lowest BCUT2D eigenvalue weighted by molar-refractivity contribution is 0.0907. The molecule has 4 N–H and O–H groups in total. The number of hydrogen-bond donors (Lipinski definition) is 3. The van der Waals surface area contributed by atoms with Crippen molar-refractivity contribution in [2.75, 3.05) is 6.54 Å². The van der Waals surface area contributed by atoms with Gasteiger partial charge in [0.15, 0.2) is 5.78 Å². The van der Waals surface area contributed by atoms with E-state index >= 15 is 0 Å². The van der Waals surface area contributed by atoms with E-state index in [0.29, 0.717) is 29.2 Å². The molecule has 1 aliphatic carbocycles. The van der Waals surface area contributed by atoms with Crippen LogP contribution in [0.25, 0.3) is 0 Å². The minimum absolute atomic E-state index is 0. The molecule has 5 nitrogen and oxygen atoms in total. The third-order valence-corrected chi connectivity index (χ3v) is 4.80. The molecule has 0 aliphatic heterocycles. The van der Waals surface area contributed by atoms with E-state index < -0.39 is 0 Å². The summed E-state index contributed by atoms with van der Waals surface area (Å²) in [7, 11) is 0. The minimum atomic E-state index is -0.0963. The van der Waals surface area contributed by atoms with E-state index in [9.17, 15) is 9.59 Å². The minimum Gasteiger partial charge on any atom is -0.367 e. The monoisotopic (exact) mass is 361 g/mol. The summed E-state index contributed by atoms with van der Waals surface area (Å²) in [5.41, 5.74) is 7.57. The number of benzene rings is 1. The number of aromatic nitrogens is 1. The lowest BCUT2D eigenvalue weighted by Gasteiger charge is -2.31. The highest BCUT2D eigenvalue weighted by Crippen LogP contribution is 2.24. The number of carbonyl (C=O) groups excluding carboxylic acids is 2. The van der Waals surface area contributed by atoms with Crippen LogP contribution in [0.4, 0.5) is 0 Å². The second kappa shape index (κ2) is 8.83. The number of carbonyl (C=O) groups is 2. The molecule has 3 rings (SSSR count). The number of H-pyrrole nitrogens is 1. The van der Waals surface area contributed by atoms with Gasteiger partial charge in [0.2, 0.25) is 0 Å². The van der Waals surface area contributed by atoms with Crippen molar-refractivity contribution in [2.24, 2.45) is 11.7 Å². The van der Waals surface area contributed by atoms with Gasteiger partial charge in [-0.15, -0.1) is 12.4 Å². The largest absolute Gasteiger partial charge is 0.367 e. The summed E-state index contributed by atoms with van der Waals surface area (Å²) < 4.78 is 0. The van der Waals surface area contributed by atoms with E-state index in [-0.39, 0.29) is 30.1 Å². The summed E-state index contributed by atoms with van der Waals surface area (Å²) in [5.74, 6) is 0.205. The Morgan fingerprint density at radius 3 is 2.36 bits per heavy atom. The molecule has 2 atom stereocenters. The Morgan fingerprint density at radius 2 is 1.72 bits per heavy atom. The molecule has 1 heterocycles. The van der Waals surface area contributed by atoms with Crippen LogP contribution in [0.2, 0.25) is 0 Å². The van der Waals surface area contributed by atoms with Crippen molar-refractivity contribution < 1.29 is 9.59 Å². The Kier molecular flexibility index (Phi) is 6.79. The number of hydrogen-bond acceptors (Lipinski definition) is 3. The van der Waals surface area contributed by atoms with Crippen molar-refractivity contribution in [3.63, 3.8) is 0 Å². The van der Waals surface area contributed by atoms with E-state index in [1.807, 2.05) is 0 Å². The first-order valence-corrected chi connectivity index (χ1v) is 8.47. The fraction of sp³-hybridized carbons (Fsp3) is 0.368. The fourth-order valence-electron chi connectivity index (χ4n) is 3.34. The van der Waals surface area contributed by atoms with Crippen LogP contribution in [-0.2, 0) is 0 Å². The standard InChI is InChI=1S/C19H23N3O2.ClH/c20-11-15-3-1-2-4-17(15)22-19(24)14-7-5-13(6-8-14)18(23)16-9-10-21-12-16;/h5-10,12,15,17,21H,1-4,11,20H2,(H,22,24);1H. The predicted octanol–water partition coefficient (Wildman–Crippen LogP) is 2.91. The van der Waals surface area contributed by atoms with Gasteiger partial charge < -0.3 is 16.0 Å². The van der Waals surface area contributed by atoms with E-state index in [0.717, 1.165) is 19.3 Å². The van der Waals surface area contributed by atoms with Crippen LogP contribution in [0.5, 0.6) is 0 Å². The highest BCUT2D eigenvalue weighted by molar-refractivity contribution is 6.09. The smallest absolute Gasteiger partial charge is 0.251 e. The lowest BCUT2D eigenvalue weighted by atomic mass is 9.84. The molecule has 1 saturated carbocycles. The van der Waals surface area contributed by atoms with Crippen LogP contribution in [0.1, 0.15) is 52.0 Å². The molecule has 2 aromatic rings. The van der Waals surface area contributed by atoms with Crippen molar-refractivity contribution in [3.8, 4) is 0 Å². The zero-order chi connectivity index (χ0) is 16.9. The number of rotatable bonds is 5. The van der Waals surface area contributed by atoms with Gasteiger partial charge in [0.05, 0.1) is 0 Å². The van der Waals surface area contributed by atoms with Gasteiger partial charge in [-0.2, -0.15) is 0 Å². The van der Waals surface area contributed by atoms with Gasteiger partial charge in [-0.05, 0) is 43.5 Å². The number of halogens is 1. The number of ketones is 1. The maximum atomic E-state index is 12.4. The first-order chi connectivity index (χ1) is 11.7. The van der Waals surface area contributed by atoms with Gasteiger partial charge in [-0.3, -0.25) is 9.59 Å². The molecule has 1 aromatic carbocycles. The van der Waals surface area contributed by atoms with Crippen LogP contribution < -0.4 is 11.1 Å². The number of aromatic amines is 1. The van der Waals surface area contributed by atoms with Crippen molar-refractivity contribution in [2.45, 2.75) is 31.7 Å². The van der Waals surface area contributed by atoms with E-state index in [1.165, 1.54) is 6.42 Å². The molecule has 0 radical (unpaired) electrons. The molecule has 0 saturated heterocycles. The van der Waals surface area contributed by atoms with Crippen LogP contribution >= 0.6 is 12.4 Å². The third kappa shape index (κ3) is 4.50. The van der Waals surface area contributed by atoms with Crippen LogP contribution in [0, 0.1) is 5.92 Å². The van der Waals surface area contributed by atoms with Gasteiger partial charge in [0.1, 0.15) is 0 Å². The average molecular weight is 362 g/mol. The SMILES string of the molecule is Cl.NCC1CCCCC1NC(=O)c1ccc(C(=O)c2cc[nH]c2)cc1. The third-order valence-electron chi connectivity index (χ3n) is 4.80. The normalized spacial score (nSPS) is 19.7. The molecule has 1 fully saturated rings. The first-order valence-electron chi connectivity index (χ1n) is 8.47. The Morgan fingerprint density at radius 1 is 1.04 bits per heavy atom. The van der Waals surface area contributed by atoms with E-state index in [1.54, 1.807) is 42.7 Å². The van der Waals surface area contributed by atoms with E-state index in [2.05, 4.69) is 10.3 Å².